The fraction of sp³-hybridized carbons (Fsp3) is 0. The Bertz CT molecular complexity index is 659. The number of hydrogen-bond acceptors (Lipinski definition) is 3. The van der Waals surface area contributed by atoms with E-state index in [2.05, 4.69) is 4.99 Å². The van der Waals surface area contributed by atoms with E-state index in [0.29, 0.717) is 5.69 Å². The highest BCUT2D eigenvalue weighted by atomic mass is 35.5. The van der Waals surface area contributed by atoms with E-state index in [9.17, 15) is 13.6 Å². The highest BCUT2D eigenvalue weighted by Gasteiger charge is 1.98. The number of benzene rings is 2. The lowest BCUT2D eigenvalue weighted by molar-refractivity contribution is 0.565. The lowest BCUT2D eigenvalue weighted by Crippen LogP contribution is -1.85. The summed E-state index contributed by atoms with van der Waals surface area (Å²) in [4.78, 5) is 13.0. The molecule has 0 aliphatic carbocycles. The number of nitrogens with two attached hydrogens (primary N) is 1. The fourth-order valence-electron chi connectivity index (χ4n) is 1.12. The van der Waals surface area contributed by atoms with Crippen LogP contribution in [0.25, 0.3) is 0 Å². The topological polar surface area (TPSA) is 55.5 Å². The smallest absolute Gasteiger partial charge is 0.240 e. The number of anilines is 1. The van der Waals surface area contributed by atoms with Crippen molar-refractivity contribution >= 4 is 40.7 Å². The molecule has 2 aromatic rings. The van der Waals surface area contributed by atoms with Crippen LogP contribution in [0.1, 0.15) is 0 Å². The molecule has 0 aliphatic rings. The van der Waals surface area contributed by atoms with Gasteiger partial charge >= 0.3 is 0 Å². The summed E-state index contributed by atoms with van der Waals surface area (Å²) in [6.07, 6.45) is 1.31. The lowest BCUT2D eigenvalue weighted by atomic mass is 10.3. The van der Waals surface area contributed by atoms with E-state index in [1.54, 1.807) is 0 Å². The van der Waals surface area contributed by atoms with E-state index in [-0.39, 0.29) is 21.5 Å². The fourth-order valence-corrected chi connectivity index (χ4v) is 1.50. The Balaban J connectivity index is 0.000000204. The Hall–Kier alpha value is -1.94. The first-order valence-electron chi connectivity index (χ1n) is 5.17. The van der Waals surface area contributed by atoms with Gasteiger partial charge in [-0.3, -0.25) is 0 Å². The monoisotopic (exact) mass is 316 g/mol. The lowest BCUT2D eigenvalue weighted by Gasteiger charge is -1.94. The number of aliphatic imine (C=N–C) groups is 1. The van der Waals surface area contributed by atoms with Crippen LogP contribution in [0.3, 0.4) is 0 Å². The van der Waals surface area contributed by atoms with Gasteiger partial charge < -0.3 is 5.73 Å². The average Bonchev–Trinajstić information content (AvgIpc) is 2.39. The Labute approximate surface area is 123 Å². The second-order valence-electron chi connectivity index (χ2n) is 3.46. The van der Waals surface area contributed by atoms with Crippen molar-refractivity contribution in [1.29, 1.82) is 0 Å². The van der Waals surface area contributed by atoms with Crippen LogP contribution in [0.4, 0.5) is 20.2 Å². The van der Waals surface area contributed by atoms with Gasteiger partial charge in [-0.2, -0.15) is 4.99 Å². The molecule has 0 spiro atoms. The Kier molecular flexibility index (Phi) is 6.12. The predicted octanol–water partition coefficient (Wildman–Crippen LogP) is 4.51. The van der Waals surface area contributed by atoms with Crippen LogP contribution in [0, 0.1) is 11.6 Å². The van der Waals surface area contributed by atoms with Crippen molar-refractivity contribution in [3.63, 3.8) is 0 Å². The molecule has 2 N–H and O–H groups in total. The molecule has 0 bridgehead atoms. The number of halogens is 4. The van der Waals surface area contributed by atoms with Gasteiger partial charge in [0.2, 0.25) is 6.08 Å². The molecule has 3 nitrogen and oxygen atoms in total. The van der Waals surface area contributed by atoms with E-state index in [0.717, 1.165) is 6.07 Å². The molecular formula is C13H8Cl2F2N2O. The summed E-state index contributed by atoms with van der Waals surface area (Å²) < 4.78 is 24.6. The van der Waals surface area contributed by atoms with E-state index in [4.69, 9.17) is 28.9 Å². The van der Waals surface area contributed by atoms with Gasteiger partial charge in [-0.1, -0.05) is 23.2 Å². The minimum atomic E-state index is -0.458. The molecular weight excluding hydrogens is 309 g/mol. The first-order chi connectivity index (χ1) is 9.43. The van der Waals surface area contributed by atoms with Gasteiger partial charge in [0.15, 0.2) is 0 Å². The van der Waals surface area contributed by atoms with E-state index in [1.165, 1.54) is 36.4 Å². The average molecular weight is 317 g/mol. The molecule has 0 unspecified atom stereocenters. The standard InChI is InChI=1S/C7H3ClFNO.C6H5ClFN/c8-6-3-5(9)1-2-7(6)10-4-11;7-5-3-4(8)1-2-6(5)9/h1-3H;1-3H,9H2. The first-order valence-corrected chi connectivity index (χ1v) is 5.93. The van der Waals surface area contributed by atoms with Crippen molar-refractivity contribution in [1.82, 2.24) is 0 Å². The number of nitrogens with zero attached hydrogens (tertiary/aromatic N) is 1. The van der Waals surface area contributed by atoms with Gasteiger partial charge in [0.05, 0.1) is 21.4 Å². The normalized spacial score (nSPS) is 9.20. The van der Waals surface area contributed by atoms with Gasteiger partial charge in [0, 0.05) is 0 Å². The Morgan fingerprint density at radius 2 is 1.55 bits per heavy atom. The summed E-state index contributed by atoms with van der Waals surface area (Å²) in [5.41, 5.74) is 5.92. The summed E-state index contributed by atoms with van der Waals surface area (Å²) in [6, 6.07) is 7.43. The Morgan fingerprint density at radius 1 is 1.00 bits per heavy atom. The molecule has 0 atom stereocenters. The number of nitrogen functional groups attached to an aromatic ring is 1. The molecule has 0 saturated heterocycles. The Morgan fingerprint density at radius 3 is 2.00 bits per heavy atom. The molecule has 7 heteroatoms. The van der Waals surface area contributed by atoms with Gasteiger partial charge in [0.1, 0.15) is 11.6 Å². The quantitative estimate of drug-likeness (QED) is 0.478. The van der Waals surface area contributed by atoms with Gasteiger partial charge in [-0.15, -0.1) is 0 Å². The third-order valence-corrected chi connectivity index (χ3v) is 2.67. The van der Waals surface area contributed by atoms with Crippen molar-refractivity contribution in [2.75, 3.05) is 5.73 Å². The number of carbonyl (C=O) groups excluding carboxylic acids is 1. The zero-order valence-electron chi connectivity index (χ0n) is 9.91. The zero-order chi connectivity index (χ0) is 15.1. The van der Waals surface area contributed by atoms with Crippen molar-refractivity contribution in [3.05, 3.63) is 58.1 Å². The minimum Gasteiger partial charge on any atom is -0.398 e. The van der Waals surface area contributed by atoms with Crippen LogP contribution in [0.2, 0.25) is 10.0 Å². The van der Waals surface area contributed by atoms with Crippen LogP contribution in [-0.4, -0.2) is 6.08 Å². The summed E-state index contributed by atoms with van der Waals surface area (Å²) in [5.74, 6) is -0.825. The zero-order valence-corrected chi connectivity index (χ0v) is 11.4. The summed E-state index contributed by atoms with van der Waals surface area (Å²) in [7, 11) is 0. The number of rotatable bonds is 1. The van der Waals surface area contributed by atoms with E-state index >= 15 is 0 Å². The molecule has 0 radical (unpaired) electrons. The molecule has 0 aromatic heterocycles. The largest absolute Gasteiger partial charge is 0.398 e. The molecule has 0 heterocycles. The summed E-state index contributed by atoms with van der Waals surface area (Å²) in [5, 5.41) is 0.364. The molecule has 0 aliphatic heterocycles. The minimum absolute atomic E-state index is 0.105. The summed E-state index contributed by atoms with van der Waals surface area (Å²) >= 11 is 10.9. The number of hydrogen-bond donors (Lipinski definition) is 1. The van der Waals surface area contributed by atoms with Crippen LogP contribution in [-0.2, 0) is 4.79 Å². The van der Waals surface area contributed by atoms with Crippen LogP contribution in [0.5, 0.6) is 0 Å². The highest BCUT2D eigenvalue weighted by Crippen LogP contribution is 2.24. The van der Waals surface area contributed by atoms with Crippen LogP contribution in [0.15, 0.2) is 41.4 Å². The van der Waals surface area contributed by atoms with Crippen molar-refractivity contribution in [3.8, 4) is 0 Å². The molecule has 2 rings (SSSR count). The van der Waals surface area contributed by atoms with E-state index < -0.39 is 5.82 Å². The predicted molar refractivity (Wildman–Crippen MR) is 75.0 cm³/mol. The SMILES string of the molecule is Nc1ccc(F)cc1Cl.O=C=Nc1ccc(F)cc1Cl. The van der Waals surface area contributed by atoms with Gasteiger partial charge in [0.25, 0.3) is 0 Å². The number of isocyanates is 1. The third kappa shape index (κ3) is 4.97. The van der Waals surface area contributed by atoms with Crippen molar-refractivity contribution in [2.24, 2.45) is 4.99 Å². The molecule has 0 fully saturated rings. The second kappa shape index (κ2) is 7.60. The maximum Gasteiger partial charge on any atom is 0.240 e. The maximum atomic E-state index is 12.4. The molecule has 20 heavy (non-hydrogen) atoms. The van der Waals surface area contributed by atoms with Crippen LogP contribution >= 0.6 is 23.2 Å². The van der Waals surface area contributed by atoms with Crippen molar-refractivity contribution < 1.29 is 13.6 Å². The second-order valence-corrected chi connectivity index (χ2v) is 4.28. The molecule has 0 amide bonds. The third-order valence-electron chi connectivity index (χ3n) is 2.04. The summed E-state index contributed by atoms with van der Waals surface area (Å²) in [6.45, 7) is 0. The van der Waals surface area contributed by atoms with Gasteiger partial charge in [-0.05, 0) is 36.4 Å². The molecule has 104 valence electrons. The van der Waals surface area contributed by atoms with Crippen LogP contribution < -0.4 is 5.73 Å². The maximum absolute atomic E-state index is 12.4. The van der Waals surface area contributed by atoms with Gasteiger partial charge in [-0.25, -0.2) is 13.6 Å². The first kappa shape index (κ1) is 16.1. The van der Waals surface area contributed by atoms with E-state index in [1.807, 2.05) is 0 Å². The van der Waals surface area contributed by atoms with Crippen molar-refractivity contribution in [2.45, 2.75) is 0 Å². The molecule has 0 saturated carbocycles. The molecule has 2 aromatic carbocycles. The highest BCUT2D eigenvalue weighted by molar-refractivity contribution is 6.33.